The summed E-state index contributed by atoms with van der Waals surface area (Å²) in [5.41, 5.74) is 1.02. The molecule has 1 aromatic carbocycles. The van der Waals surface area contributed by atoms with E-state index in [1.165, 1.54) is 18.4 Å². The van der Waals surface area contributed by atoms with Crippen LogP contribution in [-0.2, 0) is 4.74 Å². The first-order valence-corrected chi connectivity index (χ1v) is 15.5. The van der Waals surface area contributed by atoms with Crippen LogP contribution in [0.2, 0.25) is 0 Å². The molecule has 1 aliphatic carbocycles. The van der Waals surface area contributed by atoms with Crippen LogP contribution in [0.3, 0.4) is 0 Å². The smallest absolute Gasteiger partial charge is 0.296 e. The summed E-state index contributed by atoms with van der Waals surface area (Å²) in [4.78, 5) is 17.6. The minimum atomic E-state index is -2.78. The van der Waals surface area contributed by atoms with Crippen LogP contribution in [0.15, 0.2) is 30.3 Å². The third-order valence-electron chi connectivity index (χ3n) is 7.90. The molecule has 3 heterocycles. The van der Waals surface area contributed by atoms with Crippen LogP contribution in [0.1, 0.15) is 65.6 Å². The van der Waals surface area contributed by atoms with Gasteiger partial charge in [0.15, 0.2) is 5.82 Å². The summed E-state index contributed by atoms with van der Waals surface area (Å²) >= 11 is 0. The summed E-state index contributed by atoms with van der Waals surface area (Å²) in [5, 5.41) is 3.37. The fourth-order valence-electron chi connectivity index (χ4n) is 5.97. The van der Waals surface area contributed by atoms with E-state index in [2.05, 4.69) is 20.2 Å². The third kappa shape index (κ3) is 8.56. The van der Waals surface area contributed by atoms with Gasteiger partial charge in [-0.2, -0.15) is 9.97 Å². The minimum Gasteiger partial charge on any atom is -0.378 e. The van der Waals surface area contributed by atoms with Gasteiger partial charge >= 0.3 is 0 Å². The maximum Gasteiger partial charge on any atom is 0.296 e. The predicted octanol–water partition coefficient (Wildman–Crippen LogP) is 6.60. The number of benzene rings is 1. The lowest BCUT2D eigenvalue weighted by atomic mass is 9.85. The van der Waals surface area contributed by atoms with E-state index >= 15 is 0 Å². The molecule has 8 nitrogen and oxygen atoms in total. The molecule has 5 rings (SSSR count). The molecule has 2 fully saturated rings. The number of morpholine rings is 1. The average molecular weight is 608 g/mol. The van der Waals surface area contributed by atoms with E-state index in [4.69, 9.17) is 9.72 Å². The number of anilines is 2. The molecule has 238 valence electrons. The predicted molar refractivity (Wildman–Crippen MR) is 163 cm³/mol. The van der Waals surface area contributed by atoms with Crippen molar-refractivity contribution in [3.8, 4) is 5.82 Å². The van der Waals surface area contributed by atoms with Gasteiger partial charge in [0.05, 0.1) is 24.2 Å². The summed E-state index contributed by atoms with van der Waals surface area (Å²) < 4.78 is 62.6. The van der Waals surface area contributed by atoms with Gasteiger partial charge in [0, 0.05) is 44.8 Å². The number of halogens is 4. The molecule has 0 amide bonds. The Morgan fingerprint density at radius 1 is 0.907 bits per heavy atom. The van der Waals surface area contributed by atoms with E-state index < -0.39 is 18.8 Å². The molecule has 2 unspecified atom stereocenters. The number of para-hydroxylation sites is 2. The van der Waals surface area contributed by atoms with Crippen LogP contribution in [-0.4, -0.2) is 88.7 Å². The van der Waals surface area contributed by atoms with Crippen molar-refractivity contribution in [3.63, 3.8) is 0 Å². The van der Waals surface area contributed by atoms with E-state index in [1.54, 1.807) is 30.3 Å². The number of aromatic nitrogens is 4. The number of alkyl halides is 4. The SMILES string of the molecule is CC.CC(F)CN(CC(C)F)C1CCC(CNc2nc(N3CCOCC3)cc(-n3c(C(F)F)nc4ccccc43)n2)CC1. The number of rotatable bonds is 11. The van der Waals surface area contributed by atoms with E-state index in [1.807, 2.05) is 18.7 Å². The molecule has 12 heteroatoms. The molecular weight excluding hydrogens is 562 g/mol. The molecule has 1 saturated heterocycles. The Morgan fingerprint density at radius 2 is 1.53 bits per heavy atom. The largest absolute Gasteiger partial charge is 0.378 e. The van der Waals surface area contributed by atoms with Crippen molar-refractivity contribution in [2.24, 2.45) is 5.92 Å². The molecule has 2 atom stereocenters. The number of ether oxygens (including phenoxy) is 1. The van der Waals surface area contributed by atoms with E-state index in [-0.39, 0.29) is 25.0 Å². The summed E-state index contributed by atoms with van der Waals surface area (Å²) in [6.45, 7) is 10.5. The molecule has 2 aromatic heterocycles. The van der Waals surface area contributed by atoms with Gasteiger partial charge in [0.25, 0.3) is 6.43 Å². The van der Waals surface area contributed by atoms with Crippen molar-refractivity contribution < 1.29 is 22.3 Å². The number of nitrogens with zero attached hydrogens (tertiary/aromatic N) is 6. The number of fused-ring (bicyclic) bond motifs is 1. The molecule has 0 radical (unpaired) electrons. The Morgan fingerprint density at radius 3 is 2.16 bits per heavy atom. The van der Waals surface area contributed by atoms with Gasteiger partial charge in [-0.3, -0.25) is 9.47 Å². The van der Waals surface area contributed by atoms with Gasteiger partial charge in [-0.1, -0.05) is 26.0 Å². The first kappa shape index (κ1) is 32.9. The number of hydrogen-bond donors (Lipinski definition) is 1. The maximum atomic E-state index is 14.1. The first-order chi connectivity index (χ1) is 20.8. The Kier molecular flexibility index (Phi) is 12.0. The Hall–Kier alpha value is -2.99. The highest BCUT2D eigenvalue weighted by atomic mass is 19.3. The van der Waals surface area contributed by atoms with Crippen LogP contribution in [0.4, 0.5) is 29.3 Å². The van der Waals surface area contributed by atoms with Crippen molar-refractivity contribution in [3.05, 3.63) is 36.2 Å². The third-order valence-corrected chi connectivity index (χ3v) is 7.90. The highest BCUT2D eigenvalue weighted by molar-refractivity contribution is 5.78. The van der Waals surface area contributed by atoms with Crippen LogP contribution < -0.4 is 10.2 Å². The molecule has 0 bridgehead atoms. The second-order valence-electron chi connectivity index (χ2n) is 11.2. The zero-order valence-corrected chi connectivity index (χ0v) is 25.7. The number of hydrogen-bond acceptors (Lipinski definition) is 7. The fourth-order valence-corrected chi connectivity index (χ4v) is 5.97. The molecule has 1 N–H and O–H groups in total. The standard InChI is InChI=1S/C29H39F4N7O.C2H6/c1-19(30)17-39(18-20(2)31)22-9-7-21(8-10-22)16-34-29-36-25(38-11-13-41-14-12-38)15-26(37-29)40-24-6-4-3-5-23(24)35-28(40)27(32)33;1-2/h3-6,15,19-22,27H,7-14,16-18H2,1-2H3,(H,34,36,37);1-2H3. The Balaban J connectivity index is 0.00000207. The molecule has 1 aliphatic heterocycles. The highest BCUT2D eigenvalue weighted by Crippen LogP contribution is 2.31. The average Bonchev–Trinajstić information content (AvgIpc) is 3.41. The van der Waals surface area contributed by atoms with Gasteiger partial charge < -0.3 is 15.0 Å². The van der Waals surface area contributed by atoms with Crippen molar-refractivity contribution in [2.45, 2.75) is 78.2 Å². The monoisotopic (exact) mass is 607 g/mol. The molecule has 2 aliphatic rings. The normalized spacial score (nSPS) is 20.7. The number of nitrogens with one attached hydrogen (secondary N) is 1. The number of imidazole rings is 1. The van der Waals surface area contributed by atoms with Gasteiger partial charge in [0.1, 0.15) is 24.0 Å². The fraction of sp³-hybridized carbons (Fsp3) is 0.645. The van der Waals surface area contributed by atoms with E-state index in [0.717, 1.165) is 25.7 Å². The van der Waals surface area contributed by atoms with Gasteiger partial charge in [-0.25, -0.2) is 22.5 Å². The summed E-state index contributed by atoms with van der Waals surface area (Å²) in [6, 6.07) is 8.92. The lowest BCUT2D eigenvalue weighted by Gasteiger charge is -2.37. The van der Waals surface area contributed by atoms with Crippen LogP contribution >= 0.6 is 0 Å². The van der Waals surface area contributed by atoms with Crippen molar-refractivity contribution in [1.82, 2.24) is 24.4 Å². The molecule has 0 spiro atoms. The minimum absolute atomic E-state index is 0.164. The molecule has 3 aromatic rings. The van der Waals surface area contributed by atoms with Crippen molar-refractivity contribution >= 4 is 22.8 Å². The summed E-state index contributed by atoms with van der Waals surface area (Å²) in [5.74, 6) is 1.30. The maximum absolute atomic E-state index is 14.1. The van der Waals surface area contributed by atoms with Gasteiger partial charge in [-0.05, 0) is 57.6 Å². The first-order valence-electron chi connectivity index (χ1n) is 15.5. The Bertz CT molecular complexity index is 1260. The van der Waals surface area contributed by atoms with E-state index in [9.17, 15) is 17.6 Å². The highest BCUT2D eigenvalue weighted by Gasteiger charge is 2.28. The lowest BCUT2D eigenvalue weighted by molar-refractivity contribution is 0.0866. The molecular formula is C31H45F4N7O. The summed E-state index contributed by atoms with van der Waals surface area (Å²) in [6.07, 6.45) is -1.24. The topological polar surface area (TPSA) is 71.3 Å². The van der Waals surface area contributed by atoms with Gasteiger partial charge in [-0.15, -0.1) is 0 Å². The zero-order valence-electron chi connectivity index (χ0n) is 25.7. The molecule has 1 saturated carbocycles. The second-order valence-corrected chi connectivity index (χ2v) is 11.2. The van der Waals surface area contributed by atoms with Crippen molar-refractivity contribution in [2.75, 3.05) is 56.2 Å². The lowest BCUT2D eigenvalue weighted by Crippen LogP contribution is -2.44. The molecule has 43 heavy (non-hydrogen) atoms. The van der Waals surface area contributed by atoms with Gasteiger partial charge in [0.2, 0.25) is 5.95 Å². The van der Waals surface area contributed by atoms with Crippen LogP contribution in [0.25, 0.3) is 16.9 Å². The van der Waals surface area contributed by atoms with Crippen LogP contribution in [0, 0.1) is 5.92 Å². The van der Waals surface area contributed by atoms with Crippen LogP contribution in [0.5, 0.6) is 0 Å². The second kappa shape index (κ2) is 15.7. The zero-order chi connectivity index (χ0) is 30.9. The summed E-state index contributed by atoms with van der Waals surface area (Å²) in [7, 11) is 0. The van der Waals surface area contributed by atoms with E-state index in [0.29, 0.717) is 67.4 Å². The Labute approximate surface area is 251 Å². The van der Waals surface area contributed by atoms with Crippen molar-refractivity contribution in [1.29, 1.82) is 0 Å². The quantitative estimate of drug-likeness (QED) is 0.246.